The van der Waals surface area contributed by atoms with E-state index in [9.17, 15) is 0 Å². The molecule has 0 fully saturated rings. The van der Waals surface area contributed by atoms with Crippen molar-refractivity contribution >= 4 is 34.2 Å². The van der Waals surface area contributed by atoms with Gasteiger partial charge in [-0.2, -0.15) is 0 Å². The van der Waals surface area contributed by atoms with E-state index in [1.165, 1.54) is 0 Å². The summed E-state index contributed by atoms with van der Waals surface area (Å²) in [6, 6.07) is 13.2. The lowest BCUT2D eigenvalue weighted by atomic mass is 9.99. The van der Waals surface area contributed by atoms with Gasteiger partial charge in [0.2, 0.25) is 0 Å². The summed E-state index contributed by atoms with van der Waals surface area (Å²) >= 11 is 12.5. The van der Waals surface area contributed by atoms with Crippen LogP contribution in [0.5, 0.6) is 0 Å². The molecule has 0 aliphatic heterocycles. The molecule has 3 rings (SSSR count). The maximum absolute atomic E-state index is 6.23. The van der Waals surface area contributed by atoms with Gasteiger partial charge in [0.15, 0.2) is 0 Å². The van der Waals surface area contributed by atoms with Gasteiger partial charge in [-0.25, -0.2) is 0 Å². The van der Waals surface area contributed by atoms with Crippen LogP contribution in [0.1, 0.15) is 17.2 Å². The molecule has 1 heterocycles. The van der Waals surface area contributed by atoms with Crippen molar-refractivity contribution in [2.24, 2.45) is 5.84 Å². The highest BCUT2D eigenvalue weighted by molar-refractivity contribution is 6.36. The summed E-state index contributed by atoms with van der Waals surface area (Å²) in [6.07, 6.45) is 2.30. The third kappa shape index (κ3) is 2.78. The Kier molecular flexibility index (Phi) is 4.17. The predicted octanol–water partition coefficient (Wildman–Crippen LogP) is 4.49. The van der Waals surface area contributed by atoms with Gasteiger partial charge in [-0.1, -0.05) is 47.5 Å². The first kappa shape index (κ1) is 14.4. The van der Waals surface area contributed by atoms with Crippen LogP contribution in [0.2, 0.25) is 10.0 Å². The first-order valence-electron chi connectivity index (χ1n) is 6.56. The number of nitrogens with two attached hydrogens (primary N) is 1. The summed E-state index contributed by atoms with van der Waals surface area (Å²) in [4.78, 5) is 0. The van der Waals surface area contributed by atoms with E-state index < -0.39 is 0 Å². The Morgan fingerprint density at radius 2 is 1.76 bits per heavy atom. The fourth-order valence-corrected chi connectivity index (χ4v) is 3.01. The molecule has 108 valence electrons. The minimum atomic E-state index is -0.133. The Labute approximate surface area is 132 Å². The Balaban J connectivity index is 1.99. The SMILES string of the molecule is NNC(Cc1c(Cl)cccc1Cl)c1coc2ccccc12. The van der Waals surface area contributed by atoms with Gasteiger partial charge < -0.3 is 4.42 Å². The number of hydrogen-bond acceptors (Lipinski definition) is 3. The van der Waals surface area contributed by atoms with Crippen LogP contribution >= 0.6 is 23.2 Å². The number of benzene rings is 2. The van der Waals surface area contributed by atoms with E-state index in [1.807, 2.05) is 42.5 Å². The average molecular weight is 321 g/mol. The number of hydrogen-bond donors (Lipinski definition) is 2. The van der Waals surface area contributed by atoms with E-state index >= 15 is 0 Å². The lowest BCUT2D eigenvalue weighted by molar-refractivity contribution is 0.537. The number of furan rings is 1. The average Bonchev–Trinajstić information content (AvgIpc) is 2.91. The zero-order valence-corrected chi connectivity index (χ0v) is 12.7. The lowest BCUT2D eigenvalue weighted by Crippen LogP contribution is -2.29. The lowest BCUT2D eigenvalue weighted by Gasteiger charge is -2.16. The van der Waals surface area contributed by atoms with Crippen molar-refractivity contribution in [3.8, 4) is 0 Å². The quantitative estimate of drug-likeness (QED) is 0.550. The molecule has 0 radical (unpaired) electrons. The van der Waals surface area contributed by atoms with Gasteiger partial charge >= 0.3 is 0 Å². The van der Waals surface area contributed by atoms with E-state index in [2.05, 4.69) is 5.43 Å². The highest BCUT2D eigenvalue weighted by atomic mass is 35.5. The molecule has 3 nitrogen and oxygen atoms in total. The first-order chi connectivity index (χ1) is 10.2. The van der Waals surface area contributed by atoms with Crippen molar-refractivity contribution in [1.82, 2.24) is 5.43 Å². The van der Waals surface area contributed by atoms with Gasteiger partial charge in [-0.15, -0.1) is 0 Å². The molecule has 0 saturated carbocycles. The van der Waals surface area contributed by atoms with E-state index in [-0.39, 0.29) is 6.04 Å². The third-order valence-electron chi connectivity index (χ3n) is 3.56. The summed E-state index contributed by atoms with van der Waals surface area (Å²) in [5.41, 5.74) is 5.51. The number of para-hydroxylation sites is 1. The molecule has 1 unspecified atom stereocenters. The molecule has 3 aromatic rings. The Bertz CT molecular complexity index is 750. The maximum Gasteiger partial charge on any atom is 0.134 e. The number of halogens is 2. The standard InChI is InChI=1S/C16H14Cl2N2O/c17-13-5-3-6-14(18)11(13)8-15(20-19)12-9-21-16-7-2-1-4-10(12)16/h1-7,9,15,20H,8,19H2. The second kappa shape index (κ2) is 6.08. The van der Waals surface area contributed by atoms with Crippen LogP contribution in [-0.2, 0) is 6.42 Å². The summed E-state index contributed by atoms with van der Waals surface area (Å²) < 4.78 is 5.57. The molecule has 3 N–H and O–H groups in total. The van der Waals surface area contributed by atoms with Gasteiger partial charge in [-0.3, -0.25) is 11.3 Å². The van der Waals surface area contributed by atoms with Crippen LogP contribution in [0, 0.1) is 0 Å². The van der Waals surface area contributed by atoms with Gasteiger partial charge in [0, 0.05) is 21.0 Å². The van der Waals surface area contributed by atoms with E-state index in [0.717, 1.165) is 22.1 Å². The normalized spacial score (nSPS) is 12.7. The minimum absolute atomic E-state index is 0.133. The Morgan fingerprint density at radius 3 is 2.48 bits per heavy atom. The predicted molar refractivity (Wildman–Crippen MR) is 86.4 cm³/mol. The van der Waals surface area contributed by atoms with E-state index in [4.69, 9.17) is 33.5 Å². The smallest absolute Gasteiger partial charge is 0.134 e. The monoisotopic (exact) mass is 320 g/mol. The van der Waals surface area contributed by atoms with Crippen molar-refractivity contribution in [2.45, 2.75) is 12.5 Å². The van der Waals surface area contributed by atoms with Crippen molar-refractivity contribution in [1.29, 1.82) is 0 Å². The number of fused-ring (bicyclic) bond motifs is 1. The molecule has 1 atom stereocenters. The van der Waals surface area contributed by atoms with Crippen LogP contribution in [0.3, 0.4) is 0 Å². The van der Waals surface area contributed by atoms with Gasteiger partial charge in [-0.05, 0) is 30.2 Å². The molecule has 0 saturated heterocycles. The maximum atomic E-state index is 6.23. The van der Waals surface area contributed by atoms with Crippen LogP contribution in [0.15, 0.2) is 53.1 Å². The van der Waals surface area contributed by atoms with Crippen molar-refractivity contribution in [3.63, 3.8) is 0 Å². The van der Waals surface area contributed by atoms with Gasteiger partial charge in [0.25, 0.3) is 0 Å². The largest absolute Gasteiger partial charge is 0.464 e. The minimum Gasteiger partial charge on any atom is -0.464 e. The van der Waals surface area contributed by atoms with Crippen molar-refractivity contribution in [2.75, 3.05) is 0 Å². The fraction of sp³-hybridized carbons (Fsp3) is 0.125. The first-order valence-corrected chi connectivity index (χ1v) is 7.31. The Morgan fingerprint density at radius 1 is 1.05 bits per heavy atom. The van der Waals surface area contributed by atoms with Crippen molar-refractivity contribution < 1.29 is 4.42 Å². The summed E-state index contributed by atoms with van der Waals surface area (Å²) in [7, 11) is 0. The zero-order chi connectivity index (χ0) is 14.8. The number of rotatable bonds is 4. The van der Waals surface area contributed by atoms with Crippen LogP contribution < -0.4 is 11.3 Å². The Hall–Kier alpha value is -1.52. The molecule has 21 heavy (non-hydrogen) atoms. The highest BCUT2D eigenvalue weighted by Crippen LogP contribution is 2.32. The molecule has 0 bridgehead atoms. The molecule has 0 aliphatic carbocycles. The van der Waals surface area contributed by atoms with Gasteiger partial charge in [0.05, 0.1) is 12.3 Å². The topological polar surface area (TPSA) is 51.2 Å². The van der Waals surface area contributed by atoms with Crippen LogP contribution in [-0.4, -0.2) is 0 Å². The number of nitrogens with one attached hydrogen (secondary N) is 1. The second-order valence-corrected chi connectivity index (χ2v) is 5.63. The summed E-state index contributed by atoms with van der Waals surface area (Å²) in [6.45, 7) is 0. The second-order valence-electron chi connectivity index (χ2n) is 4.81. The third-order valence-corrected chi connectivity index (χ3v) is 4.27. The number of hydrazine groups is 1. The molecule has 0 amide bonds. The molecule has 1 aromatic heterocycles. The zero-order valence-electron chi connectivity index (χ0n) is 11.1. The molecule has 2 aromatic carbocycles. The van der Waals surface area contributed by atoms with Crippen LogP contribution in [0.25, 0.3) is 11.0 Å². The van der Waals surface area contributed by atoms with Gasteiger partial charge in [0.1, 0.15) is 5.58 Å². The molecule has 5 heteroatoms. The summed E-state index contributed by atoms with van der Waals surface area (Å²) in [5.74, 6) is 5.73. The van der Waals surface area contributed by atoms with E-state index in [1.54, 1.807) is 6.26 Å². The van der Waals surface area contributed by atoms with Crippen molar-refractivity contribution in [3.05, 3.63) is 69.9 Å². The highest BCUT2D eigenvalue weighted by Gasteiger charge is 2.19. The van der Waals surface area contributed by atoms with E-state index in [0.29, 0.717) is 16.5 Å². The molecule has 0 spiro atoms. The fourth-order valence-electron chi connectivity index (χ4n) is 2.46. The molecular weight excluding hydrogens is 307 g/mol. The summed E-state index contributed by atoms with van der Waals surface area (Å²) in [5, 5.41) is 2.30. The molecule has 0 aliphatic rings. The molecular formula is C16H14Cl2N2O. The van der Waals surface area contributed by atoms with Crippen LogP contribution in [0.4, 0.5) is 0 Å².